The van der Waals surface area contributed by atoms with Gasteiger partial charge in [-0.15, -0.1) is 0 Å². The Hall–Kier alpha value is -4.04. The van der Waals surface area contributed by atoms with E-state index in [1.807, 2.05) is 38.1 Å². The molecule has 0 aliphatic heterocycles. The molecule has 3 aromatic carbocycles. The summed E-state index contributed by atoms with van der Waals surface area (Å²) in [5.41, 5.74) is 2.66. The Kier molecular flexibility index (Phi) is 9.82. The first-order valence-electron chi connectivity index (χ1n) is 12.9. The second-order valence-electron chi connectivity index (χ2n) is 10.8. The maximum atomic E-state index is 14.0. The first-order valence-corrected chi connectivity index (χ1v) is 13.3. The van der Waals surface area contributed by atoms with Gasteiger partial charge in [0.05, 0.1) is 10.7 Å². The molecule has 8 nitrogen and oxygen atoms in total. The summed E-state index contributed by atoms with van der Waals surface area (Å²) in [4.78, 5) is 41.9. The monoisotopic (exact) mass is 565 g/mol. The Bertz CT molecular complexity index is 1350. The number of amides is 3. The van der Waals surface area contributed by atoms with Crippen molar-refractivity contribution in [3.8, 4) is 5.75 Å². The van der Waals surface area contributed by atoms with Gasteiger partial charge in [-0.1, -0.05) is 65.7 Å². The Labute approximate surface area is 240 Å². The van der Waals surface area contributed by atoms with Crippen molar-refractivity contribution in [3.63, 3.8) is 0 Å². The third-order valence-electron chi connectivity index (χ3n) is 6.18. The van der Waals surface area contributed by atoms with E-state index < -0.39 is 35.6 Å². The third kappa shape index (κ3) is 8.23. The van der Waals surface area contributed by atoms with Crippen LogP contribution >= 0.6 is 11.6 Å². The molecular weight excluding hydrogens is 530 g/mol. The first kappa shape index (κ1) is 30.5. The van der Waals surface area contributed by atoms with Crippen molar-refractivity contribution in [1.29, 1.82) is 0 Å². The van der Waals surface area contributed by atoms with Crippen LogP contribution in [-0.4, -0.2) is 46.6 Å². The fourth-order valence-corrected chi connectivity index (χ4v) is 4.53. The molecule has 0 spiro atoms. The number of ether oxygens (including phenoxy) is 1. The van der Waals surface area contributed by atoms with Crippen LogP contribution in [0.4, 0.5) is 10.5 Å². The molecule has 0 heterocycles. The number of nitrogens with one attached hydrogen (secondary N) is 2. The minimum absolute atomic E-state index is 0.0786. The van der Waals surface area contributed by atoms with Gasteiger partial charge in [0.1, 0.15) is 23.4 Å². The summed E-state index contributed by atoms with van der Waals surface area (Å²) < 4.78 is 5.41. The number of benzene rings is 3. The number of anilines is 1. The number of nitrogens with zero attached hydrogens (tertiary/aromatic N) is 1. The van der Waals surface area contributed by atoms with E-state index in [-0.39, 0.29) is 12.2 Å². The predicted octanol–water partition coefficient (Wildman–Crippen LogP) is 5.94. The summed E-state index contributed by atoms with van der Waals surface area (Å²) in [6.45, 7) is 8.91. The van der Waals surface area contributed by atoms with Gasteiger partial charge in [-0.2, -0.15) is 0 Å². The molecule has 3 N–H and O–H groups in total. The molecular formula is C31H36ClN3O5. The summed E-state index contributed by atoms with van der Waals surface area (Å²) in [7, 11) is 1.52. The van der Waals surface area contributed by atoms with Gasteiger partial charge in [0.25, 0.3) is 5.91 Å². The van der Waals surface area contributed by atoms with Crippen molar-refractivity contribution in [2.45, 2.75) is 58.7 Å². The molecule has 3 aromatic rings. The second kappa shape index (κ2) is 12.9. The van der Waals surface area contributed by atoms with Crippen LogP contribution in [0.3, 0.4) is 0 Å². The maximum Gasteiger partial charge on any atom is 0.408 e. The Morgan fingerprint density at radius 2 is 1.65 bits per heavy atom. The van der Waals surface area contributed by atoms with Gasteiger partial charge in [0.2, 0.25) is 5.91 Å². The summed E-state index contributed by atoms with van der Waals surface area (Å²) in [5, 5.41) is 15.6. The van der Waals surface area contributed by atoms with Crippen LogP contribution in [0.5, 0.6) is 5.75 Å². The lowest BCUT2D eigenvalue weighted by Crippen LogP contribution is -2.52. The molecule has 2 atom stereocenters. The van der Waals surface area contributed by atoms with Crippen LogP contribution < -0.4 is 10.6 Å². The van der Waals surface area contributed by atoms with Crippen molar-refractivity contribution in [3.05, 3.63) is 94.0 Å². The van der Waals surface area contributed by atoms with Crippen molar-refractivity contribution in [2.24, 2.45) is 0 Å². The molecule has 40 heavy (non-hydrogen) atoms. The highest BCUT2D eigenvalue weighted by atomic mass is 35.5. The smallest absolute Gasteiger partial charge is 0.408 e. The Morgan fingerprint density at radius 1 is 1.00 bits per heavy atom. The molecule has 0 saturated heterocycles. The quantitative estimate of drug-likeness (QED) is 0.313. The van der Waals surface area contributed by atoms with E-state index in [0.29, 0.717) is 21.8 Å². The highest BCUT2D eigenvalue weighted by molar-refractivity contribution is 6.34. The van der Waals surface area contributed by atoms with Gasteiger partial charge in [-0.3, -0.25) is 9.59 Å². The standard InChI is InChI=1S/C31H36ClN3O5/c1-19-9-7-11-22(17-19)27(28(37)34-26-20(2)10-8-12-24(26)32)35(6)29(38)25(33-30(39)40-31(3,4)5)18-21-13-15-23(36)16-14-21/h7-17,25,27,36H,18H2,1-6H3,(H,33,39)(H,34,37). The van der Waals surface area contributed by atoms with Crippen LogP contribution in [0.2, 0.25) is 5.02 Å². The van der Waals surface area contributed by atoms with Gasteiger partial charge in [0, 0.05) is 13.5 Å². The van der Waals surface area contributed by atoms with Gasteiger partial charge in [-0.05, 0) is 69.5 Å². The fourth-order valence-electron chi connectivity index (χ4n) is 4.26. The Morgan fingerprint density at radius 3 is 2.25 bits per heavy atom. The summed E-state index contributed by atoms with van der Waals surface area (Å²) >= 11 is 6.38. The van der Waals surface area contributed by atoms with Crippen LogP contribution in [0.15, 0.2) is 66.7 Å². The van der Waals surface area contributed by atoms with Crippen LogP contribution in [-0.2, 0) is 20.7 Å². The van der Waals surface area contributed by atoms with E-state index in [2.05, 4.69) is 10.6 Å². The molecule has 3 amide bonds. The van der Waals surface area contributed by atoms with E-state index in [1.54, 1.807) is 51.1 Å². The number of phenols is 1. The molecule has 3 rings (SSSR count). The molecule has 0 bridgehead atoms. The highest BCUT2D eigenvalue weighted by Gasteiger charge is 2.34. The average molecular weight is 566 g/mol. The number of phenolic OH excluding ortho intramolecular Hbond substituents is 1. The number of hydrogen-bond acceptors (Lipinski definition) is 5. The number of hydrogen-bond donors (Lipinski definition) is 3. The zero-order chi connectivity index (χ0) is 29.6. The fraction of sp³-hybridized carbons (Fsp3) is 0.323. The summed E-state index contributed by atoms with van der Waals surface area (Å²) in [5.74, 6) is -0.885. The van der Waals surface area contributed by atoms with Crippen LogP contribution in [0.1, 0.15) is 49.1 Å². The number of carbonyl (C=O) groups is 3. The normalized spacial score (nSPS) is 12.7. The molecule has 0 fully saturated rings. The number of aryl methyl sites for hydroxylation is 2. The SMILES string of the molecule is Cc1cccc(C(C(=O)Nc2c(C)cccc2Cl)N(C)C(=O)C(Cc2ccc(O)cc2)NC(=O)OC(C)(C)C)c1. The van der Waals surface area contributed by atoms with Crippen molar-refractivity contribution < 1.29 is 24.2 Å². The van der Waals surface area contributed by atoms with Gasteiger partial charge >= 0.3 is 6.09 Å². The molecule has 2 unspecified atom stereocenters. The molecule has 0 radical (unpaired) electrons. The number of carbonyl (C=O) groups excluding carboxylic acids is 3. The van der Waals surface area contributed by atoms with Gasteiger partial charge < -0.3 is 25.4 Å². The van der Waals surface area contributed by atoms with Crippen molar-refractivity contribution in [1.82, 2.24) is 10.2 Å². The molecule has 0 saturated carbocycles. The van der Waals surface area contributed by atoms with Gasteiger partial charge in [-0.25, -0.2) is 4.79 Å². The third-order valence-corrected chi connectivity index (χ3v) is 6.49. The number of aromatic hydroxyl groups is 1. The van der Waals surface area contributed by atoms with Crippen molar-refractivity contribution in [2.75, 3.05) is 12.4 Å². The molecule has 212 valence electrons. The lowest BCUT2D eigenvalue weighted by atomic mass is 9.99. The van der Waals surface area contributed by atoms with E-state index in [4.69, 9.17) is 16.3 Å². The summed E-state index contributed by atoms with van der Waals surface area (Å²) in [6.07, 6.45) is -0.657. The number of alkyl carbamates (subject to hydrolysis) is 1. The zero-order valence-electron chi connectivity index (χ0n) is 23.6. The van der Waals surface area contributed by atoms with E-state index in [1.165, 1.54) is 24.1 Å². The van der Waals surface area contributed by atoms with Crippen molar-refractivity contribution >= 4 is 35.2 Å². The van der Waals surface area contributed by atoms with Gasteiger partial charge in [0.15, 0.2) is 0 Å². The molecule has 0 aliphatic carbocycles. The second-order valence-corrected chi connectivity index (χ2v) is 11.2. The first-order chi connectivity index (χ1) is 18.7. The predicted molar refractivity (Wildman–Crippen MR) is 156 cm³/mol. The molecule has 0 aromatic heterocycles. The zero-order valence-corrected chi connectivity index (χ0v) is 24.4. The number of para-hydroxylation sites is 1. The average Bonchev–Trinajstić information content (AvgIpc) is 2.86. The van der Waals surface area contributed by atoms with Crippen LogP contribution in [0.25, 0.3) is 0 Å². The number of halogens is 1. The molecule has 9 heteroatoms. The van der Waals surface area contributed by atoms with E-state index in [0.717, 1.165) is 11.1 Å². The summed E-state index contributed by atoms with van der Waals surface area (Å²) in [6, 6.07) is 16.9. The number of likely N-dealkylation sites (N-methyl/N-ethyl adjacent to an activating group) is 1. The minimum atomic E-state index is -1.06. The minimum Gasteiger partial charge on any atom is -0.508 e. The number of rotatable bonds is 8. The molecule has 0 aliphatic rings. The highest BCUT2D eigenvalue weighted by Crippen LogP contribution is 2.29. The maximum absolute atomic E-state index is 14.0. The Balaban J connectivity index is 1.98. The topological polar surface area (TPSA) is 108 Å². The lowest BCUT2D eigenvalue weighted by Gasteiger charge is -2.32. The largest absolute Gasteiger partial charge is 0.508 e. The van der Waals surface area contributed by atoms with Crippen LogP contribution in [0, 0.1) is 13.8 Å². The van der Waals surface area contributed by atoms with E-state index in [9.17, 15) is 19.5 Å². The lowest BCUT2D eigenvalue weighted by molar-refractivity contribution is -0.139. The van der Waals surface area contributed by atoms with E-state index >= 15 is 0 Å².